The largest absolute Gasteiger partial charge is 0.481 e. The van der Waals surface area contributed by atoms with Crippen LogP contribution in [0, 0.1) is 6.92 Å². The third kappa shape index (κ3) is 6.93. The number of rotatable bonds is 9. The second kappa shape index (κ2) is 12.7. The van der Waals surface area contributed by atoms with Crippen molar-refractivity contribution in [1.82, 2.24) is 0 Å². The molecule has 3 aromatic carbocycles. The van der Waals surface area contributed by atoms with Crippen molar-refractivity contribution in [2.45, 2.75) is 26.9 Å². The van der Waals surface area contributed by atoms with E-state index in [1.165, 1.54) is 11.3 Å². The van der Waals surface area contributed by atoms with Gasteiger partial charge in [-0.1, -0.05) is 46.3 Å². The van der Waals surface area contributed by atoms with E-state index >= 15 is 0 Å². The Kier molecular flexibility index (Phi) is 9.16. The smallest absolute Gasteiger partial charge is 0.341 e. The Labute approximate surface area is 239 Å². The number of thiophene rings is 1. The highest BCUT2D eigenvalue weighted by Gasteiger charge is 2.26. The van der Waals surface area contributed by atoms with Crippen LogP contribution in [0.4, 0.5) is 10.7 Å². The van der Waals surface area contributed by atoms with Crippen molar-refractivity contribution in [1.29, 1.82) is 0 Å². The van der Waals surface area contributed by atoms with Crippen molar-refractivity contribution in [2.24, 2.45) is 0 Å². The molecule has 1 atom stereocenters. The highest BCUT2D eigenvalue weighted by atomic mass is 79.9. The summed E-state index contributed by atoms with van der Waals surface area (Å²) in [6, 6.07) is 23.2. The van der Waals surface area contributed by atoms with Gasteiger partial charge in [-0.15, -0.1) is 11.3 Å². The summed E-state index contributed by atoms with van der Waals surface area (Å²) in [5.41, 5.74) is 2.98. The van der Waals surface area contributed by atoms with E-state index in [2.05, 4.69) is 26.6 Å². The summed E-state index contributed by atoms with van der Waals surface area (Å²) in [6.45, 7) is 5.52. The maximum atomic E-state index is 13.1. The lowest BCUT2D eigenvalue weighted by atomic mass is 10.0. The van der Waals surface area contributed by atoms with Crippen molar-refractivity contribution in [3.63, 3.8) is 0 Å². The molecule has 0 aliphatic heterocycles. The lowest BCUT2D eigenvalue weighted by Gasteiger charge is -2.15. The van der Waals surface area contributed by atoms with Gasteiger partial charge in [0.2, 0.25) is 0 Å². The van der Waals surface area contributed by atoms with Crippen LogP contribution in [0.25, 0.3) is 11.1 Å². The number of nitrogens with one attached hydrogen (secondary N) is 2. The Morgan fingerprint density at radius 2 is 1.59 bits per heavy atom. The fourth-order valence-corrected chi connectivity index (χ4v) is 5.20. The van der Waals surface area contributed by atoms with E-state index in [4.69, 9.17) is 9.47 Å². The third-order valence-electron chi connectivity index (χ3n) is 5.76. The summed E-state index contributed by atoms with van der Waals surface area (Å²) in [4.78, 5) is 39.4. The number of esters is 1. The summed E-state index contributed by atoms with van der Waals surface area (Å²) in [7, 11) is 0. The van der Waals surface area contributed by atoms with Crippen LogP contribution in [0.3, 0.4) is 0 Å². The fourth-order valence-electron chi connectivity index (χ4n) is 3.88. The van der Waals surface area contributed by atoms with E-state index in [9.17, 15) is 14.4 Å². The van der Waals surface area contributed by atoms with E-state index in [1.54, 1.807) is 50.2 Å². The Morgan fingerprint density at radius 3 is 2.23 bits per heavy atom. The van der Waals surface area contributed by atoms with E-state index in [0.29, 0.717) is 27.6 Å². The summed E-state index contributed by atoms with van der Waals surface area (Å²) in [5.74, 6) is -0.729. The molecular weight excluding hydrogens is 580 g/mol. The maximum absolute atomic E-state index is 13.1. The highest BCUT2D eigenvalue weighted by Crippen LogP contribution is 2.40. The molecule has 0 fully saturated rings. The van der Waals surface area contributed by atoms with Gasteiger partial charge in [0.1, 0.15) is 16.3 Å². The minimum Gasteiger partial charge on any atom is -0.481 e. The fraction of sp³-hybridized carbons (Fsp3) is 0.167. The van der Waals surface area contributed by atoms with Crippen LogP contribution in [-0.4, -0.2) is 30.5 Å². The van der Waals surface area contributed by atoms with Crippen molar-refractivity contribution >= 4 is 55.7 Å². The zero-order chi connectivity index (χ0) is 27.9. The molecule has 0 radical (unpaired) electrons. The molecule has 0 aliphatic carbocycles. The van der Waals surface area contributed by atoms with Crippen molar-refractivity contribution < 1.29 is 23.9 Å². The second-order valence-corrected chi connectivity index (χ2v) is 10.7. The van der Waals surface area contributed by atoms with E-state index in [-0.39, 0.29) is 18.4 Å². The molecule has 1 unspecified atom stereocenters. The zero-order valence-corrected chi connectivity index (χ0v) is 24.0. The van der Waals surface area contributed by atoms with Crippen LogP contribution in [0.1, 0.15) is 39.4 Å². The Morgan fingerprint density at radius 1 is 0.923 bits per heavy atom. The molecule has 1 aromatic heterocycles. The normalized spacial score (nSPS) is 11.4. The number of benzene rings is 3. The van der Waals surface area contributed by atoms with Crippen molar-refractivity contribution in [3.05, 3.63) is 99.3 Å². The third-order valence-corrected chi connectivity index (χ3v) is 7.31. The van der Waals surface area contributed by atoms with Crippen LogP contribution >= 0.6 is 27.3 Å². The predicted molar refractivity (Wildman–Crippen MR) is 158 cm³/mol. The molecule has 7 nitrogen and oxygen atoms in total. The second-order valence-electron chi connectivity index (χ2n) is 8.56. The zero-order valence-electron chi connectivity index (χ0n) is 21.6. The lowest BCUT2D eigenvalue weighted by molar-refractivity contribution is -0.122. The molecule has 200 valence electrons. The highest BCUT2D eigenvalue weighted by molar-refractivity contribution is 9.10. The SMILES string of the molecule is CCOC(=O)c1c(NC(=O)c2ccc(OC(C)C(=O)Nc3ccc(Br)cc3)cc2)sc(C)c1-c1ccccc1. The van der Waals surface area contributed by atoms with Crippen LogP contribution in [0.2, 0.25) is 0 Å². The average molecular weight is 608 g/mol. The van der Waals surface area contributed by atoms with Gasteiger partial charge in [-0.3, -0.25) is 9.59 Å². The van der Waals surface area contributed by atoms with Crippen molar-refractivity contribution in [3.8, 4) is 16.9 Å². The number of hydrogen-bond donors (Lipinski definition) is 2. The van der Waals surface area contributed by atoms with Crippen LogP contribution in [0.15, 0.2) is 83.3 Å². The molecule has 0 aliphatic rings. The number of aryl methyl sites for hydroxylation is 1. The first-order valence-corrected chi connectivity index (χ1v) is 13.9. The van der Waals surface area contributed by atoms with Gasteiger partial charge in [0, 0.05) is 26.2 Å². The topological polar surface area (TPSA) is 93.7 Å². The maximum Gasteiger partial charge on any atom is 0.341 e. The van der Waals surface area contributed by atoms with Gasteiger partial charge >= 0.3 is 5.97 Å². The Hall–Kier alpha value is -3.95. The Balaban J connectivity index is 1.47. The number of hydrogen-bond acceptors (Lipinski definition) is 6. The van der Waals surface area contributed by atoms with E-state index < -0.39 is 12.1 Å². The number of carbonyl (C=O) groups is 3. The quantitative estimate of drug-likeness (QED) is 0.195. The molecule has 2 N–H and O–H groups in total. The minimum absolute atomic E-state index is 0.219. The number of carbonyl (C=O) groups excluding carboxylic acids is 3. The van der Waals surface area contributed by atoms with Gasteiger partial charge in [0.05, 0.1) is 6.61 Å². The predicted octanol–water partition coefficient (Wildman–Crippen LogP) is 7.32. The average Bonchev–Trinajstić information content (AvgIpc) is 3.26. The van der Waals surface area contributed by atoms with Gasteiger partial charge < -0.3 is 20.1 Å². The number of halogens is 1. The standard InChI is InChI=1S/C30H27BrN2O5S/c1-4-37-30(36)26-25(20-8-6-5-7-9-20)19(3)39-29(26)33-28(35)21-10-16-24(17-11-21)38-18(2)27(34)32-23-14-12-22(31)13-15-23/h5-18H,4H2,1-3H3,(H,32,34)(H,33,35). The summed E-state index contributed by atoms with van der Waals surface area (Å²) < 4.78 is 12.0. The van der Waals surface area contributed by atoms with Gasteiger partial charge in [0.15, 0.2) is 6.10 Å². The molecule has 9 heteroatoms. The van der Waals surface area contributed by atoms with E-state index in [1.807, 2.05) is 49.4 Å². The summed E-state index contributed by atoms with van der Waals surface area (Å²) in [5, 5.41) is 6.10. The monoisotopic (exact) mass is 606 g/mol. The number of ether oxygens (including phenoxy) is 2. The molecule has 2 amide bonds. The first-order chi connectivity index (χ1) is 18.8. The molecule has 4 aromatic rings. The summed E-state index contributed by atoms with van der Waals surface area (Å²) in [6.07, 6.45) is -0.758. The molecule has 0 saturated carbocycles. The van der Waals surface area contributed by atoms with Gasteiger partial charge in [-0.05, 0) is 74.9 Å². The van der Waals surface area contributed by atoms with Crippen molar-refractivity contribution in [2.75, 3.05) is 17.2 Å². The molecule has 0 bridgehead atoms. The molecular formula is C30H27BrN2O5S. The van der Waals surface area contributed by atoms with Gasteiger partial charge in [-0.2, -0.15) is 0 Å². The molecule has 4 rings (SSSR count). The number of anilines is 2. The van der Waals surface area contributed by atoms with E-state index in [0.717, 1.165) is 20.5 Å². The molecule has 39 heavy (non-hydrogen) atoms. The first-order valence-electron chi connectivity index (χ1n) is 12.3. The Bertz CT molecular complexity index is 1470. The van der Waals surface area contributed by atoms with Crippen LogP contribution < -0.4 is 15.4 Å². The molecule has 0 spiro atoms. The summed E-state index contributed by atoms with van der Waals surface area (Å²) >= 11 is 4.69. The van der Waals surface area contributed by atoms with Crippen LogP contribution in [0.5, 0.6) is 5.75 Å². The van der Waals surface area contributed by atoms with Gasteiger partial charge in [-0.25, -0.2) is 4.79 Å². The van der Waals surface area contributed by atoms with Gasteiger partial charge in [0.25, 0.3) is 11.8 Å². The molecule has 0 saturated heterocycles. The number of amides is 2. The molecule has 1 heterocycles. The minimum atomic E-state index is -0.758. The lowest BCUT2D eigenvalue weighted by Crippen LogP contribution is -2.30. The first kappa shape index (κ1) is 28.1. The van der Waals surface area contributed by atoms with Crippen LogP contribution in [-0.2, 0) is 9.53 Å².